The highest BCUT2D eigenvalue weighted by atomic mass is 32.2. The number of hydrogen-bond donors (Lipinski definition) is 0. The van der Waals surface area contributed by atoms with Gasteiger partial charge in [-0.15, -0.1) is 11.8 Å². The Balaban J connectivity index is 1.46. The standard InChI is InChI=1S/C31H38O3SSi/c1-30(2,3)36(25-17-11-7-12-18-25,26-19-13-8-14-20-26)32-22-23-21-27(35-24-15-9-6-10-16-24)29-28(23)33-31(4,5)34-29/h6-20,23,27-29H,21-22H2,1-5H3/t23-,27+,28+,29-/m0/s1. The Morgan fingerprint density at radius 3 is 1.83 bits per heavy atom. The molecule has 5 rings (SSSR count). The first kappa shape index (κ1) is 25.7. The first-order chi connectivity index (χ1) is 17.2. The van der Waals surface area contributed by atoms with Crippen LogP contribution in [0, 0.1) is 5.92 Å². The van der Waals surface area contributed by atoms with E-state index in [0.717, 1.165) is 6.42 Å². The number of hydrogen-bond acceptors (Lipinski definition) is 4. The van der Waals surface area contributed by atoms with Crippen LogP contribution >= 0.6 is 11.8 Å². The molecule has 190 valence electrons. The van der Waals surface area contributed by atoms with Crippen LogP contribution in [0.3, 0.4) is 0 Å². The molecule has 3 aromatic carbocycles. The average Bonchev–Trinajstić information content (AvgIpc) is 3.34. The maximum Gasteiger partial charge on any atom is 0.261 e. The number of fused-ring (bicyclic) bond motifs is 1. The van der Waals surface area contributed by atoms with Gasteiger partial charge in [0.05, 0.1) is 12.2 Å². The van der Waals surface area contributed by atoms with Gasteiger partial charge < -0.3 is 13.9 Å². The highest BCUT2D eigenvalue weighted by Crippen LogP contribution is 2.48. The Morgan fingerprint density at radius 1 is 0.806 bits per heavy atom. The summed E-state index contributed by atoms with van der Waals surface area (Å²) in [6.07, 6.45) is 1.13. The molecule has 1 aliphatic carbocycles. The number of rotatable bonds is 7. The van der Waals surface area contributed by atoms with Crippen molar-refractivity contribution in [1.82, 2.24) is 0 Å². The lowest BCUT2D eigenvalue weighted by Gasteiger charge is -2.43. The molecule has 2 aliphatic rings. The van der Waals surface area contributed by atoms with Crippen molar-refractivity contribution in [2.24, 2.45) is 5.92 Å². The Morgan fingerprint density at radius 2 is 1.31 bits per heavy atom. The molecular formula is C31H38O3SSi. The van der Waals surface area contributed by atoms with Crippen LogP contribution in [0.1, 0.15) is 41.0 Å². The molecule has 0 unspecified atom stereocenters. The lowest BCUT2D eigenvalue weighted by molar-refractivity contribution is -0.156. The molecule has 4 atom stereocenters. The summed E-state index contributed by atoms with van der Waals surface area (Å²) < 4.78 is 20.3. The molecular weight excluding hydrogens is 480 g/mol. The third kappa shape index (κ3) is 4.96. The fourth-order valence-corrected chi connectivity index (χ4v) is 12.0. The zero-order valence-corrected chi connectivity index (χ0v) is 23.8. The lowest BCUT2D eigenvalue weighted by atomic mass is 10.1. The van der Waals surface area contributed by atoms with Crippen LogP contribution < -0.4 is 10.4 Å². The third-order valence-electron chi connectivity index (χ3n) is 7.49. The zero-order chi connectivity index (χ0) is 25.4. The van der Waals surface area contributed by atoms with E-state index in [9.17, 15) is 0 Å². The maximum absolute atomic E-state index is 7.32. The second kappa shape index (κ2) is 10.1. The molecule has 3 aromatic rings. The molecule has 1 saturated heterocycles. The van der Waals surface area contributed by atoms with Gasteiger partial charge in [0.15, 0.2) is 5.79 Å². The van der Waals surface area contributed by atoms with Gasteiger partial charge in [-0.1, -0.05) is 99.6 Å². The minimum atomic E-state index is -2.60. The van der Waals surface area contributed by atoms with Crippen molar-refractivity contribution in [2.75, 3.05) is 6.61 Å². The predicted molar refractivity (Wildman–Crippen MR) is 152 cm³/mol. The average molecular weight is 519 g/mol. The fourth-order valence-electron chi connectivity index (χ4n) is 5.98. The molecule has 2 fully saturated rings. The van der Waals surface area contributed by atoms with Crippen LogP contribution in [-0.4, -0.2) is 38.2 Å². The normalized spacial score (nSPS) is 25.6. The molecule has 5 heteroatoms. The van der Waals surface area contributed by atoms with Gasteiger partial charge in [0.25, 0.3) is 8.32 Å². The van der Waals surface area contributed by atoms with Crippen LogP contribution in [0.4, 0.5) is 0 Å². The second-order valence-electron chi connectivity index (χ2n) is 11.5. The first-order valence-electron chi connectivity index (χ1n) is 13.0. The maximum atomic E-state index is 7.32. The van der Waals surface area contributed by atoms with Crippen LogP contribution in [-0.2, 0) is 13.9 Å². The number of thioether (sulfide) groups is 1. The van der Waals surface area contributed by atoms with E-state index in [4.69, 9.17) is 13.9 Å². The van der Waals surface area contributed by atoms with E-state index < -0.39 is 14.1 Å². The summed E-state index contributed by atoms with van der Waals surface area (Å²) in [5.74, 6) is -0.291. The van der Waals surface area contributed by atoms with Crippen LogP contribution in [0.15, 0.2) is 95.9 Å². The zero-order valence-electron chi connectivity index (χ0n) is 22.0. The van der Waals surface area contributed by atoms with Crippen molar-refractivity contribution < 1.29 is 13.9 Å². The van der Waals surface area contributed by atoms with Crippen LogP contribution in [0.25, 0.3) is 0 Å². The molecule has 0 bridgehead atoms. The SMILES string of the molecule is CC1(C)O[C@@H]2[C@H](CO[Si](c3ccccc3)(c3ccccc3)C(C)(C)C)C[C@@H](Sc3ccccc3)[C@@H]2O1. The Hall–Kier alpha value is -1.89. The largest absolute Gasteiger partial charge is 0.407 e. The first-order valence-corrected chi connectivity index (χ1v) is 15.8. The summed E-state index contributed by atoms with van der Waals surface area (Å²) in [7, 11) is -2.60. The quantitative estimate of drug-likeness (QED) is 0.345. The molecule has 1 heterocycles. The Kier molecular flexibility index (Phi) is 7.23. The number of ether oxygens (including phenoxy) is 2. The molecule has 1 saturated carbocycles. The van der Waals surface area contributed by atoms with Gasteiger partial charge in [0.1, 0.15) is 0 Å². The van der Waals surface area contributed by atoms with Gasteiger partial charge in [-0.05, 0) is 47.8 Å². The molecule has 0 N–H and O–H groups in total. The molecule has 0 aromatic heterocycles. The highest BCUT2D eigenvalue weighted by molar-refractivity contribution is 8.00. The van der Waals surface area contributed by atoms with E-state index in [1.807, 2.05) is 25.6 Å². The highest BCUT2D eigenvalue weighted by Gasteiger charge is 2.56. The van der Waals surface area contributed by atoms with Crippen molar-refractivity contribution in [3.63, 3.8) is 0 Å². The van der Waals surface area contributed by atoms with Crippen molar-refractivity contribution in [2.45, 2.75) is 74.2 Å². The van der Waals surface area contributed by atoms with E-state index in [1.165, 1.54) is 15.3 Å². The topological polar surface area (TPSA) is 27.7 Å². The minimum absolute atomic E-state index is 0.0411. The molecule has 3 nitrogen and oxygen atoms in total. The van der Waals surface area contributed by atoms with Crippen LogP contribution in [0.2, 0.25) is 5.04 Å². The van der Waals surface area contributed by atoms with Gasteiger partial charge in [-0.25, -0.2) is 0 Å². The summed E-state index contributed by atoms with van der Waals surface area (Å²) in [4.78, 5) is 1.28. The number of benzene rings is 3. The summed E-state index contributed by atoms with van der Waals surface area (Å²) in [5.41, 5.74) is 0. The van der Waals surface area contributed by atoms with E-state index in [2.05, 4.69) is 112 Å². The third-order valence-corrected chi connectivity index (χ3v) is 13.8. The minimum Gasteiger partial charge on any atom is -0.407 e. The summed E-state index contributed by atoms with van der Waals surface area (Å²) in [5, 5.41) is 2.93. The van der Waals surface area contributed by atoms with E-state index in [1.54, 1.807) is 0 Å². The van der Waals surface area contributed by atoms with Crippen molar-refractivity contribution >= 4 is 30.5 Å². The molecule has 0 spiro atoms. The van der Waals surface area contributed by atoms with E-state index >= 15 is 0 Å². The van der Waals surface area contributed by atoms with Gasteiger partial charge >= 0.3 is 0 Å². The van der Waals surface area contributed by atoms with Crippen molar-refractivity contribution in [3.8, 4) is 0 Å². The predicted octanol–water partition coefficient (Wildman–Crippen LogP) is 6.26. The van der Waals surface area contributed by atoms with E-state index in [0.29, 0.717) is 11.9 Å². The van der Waals surface area contributed by atoms with Crippen LogP contribution in [0.5, 0.6) is 0 Å². The van der Waals surface area contributed by atoms with Gasteiger partial charge in [-0.2, -0.15) is 0 Å². The fraction of sp³-hybridized carbons (Fsp3) is 0.419. The summed E-state index contributed by atoms with van der Waals surface area (Å²) in [6.45, 7) is 11.8. The molecule has 0 amide bonds. The summed E-state index contributed by atoms with van der Waals surface area (Å²) in [6, 6.07) is 32.4. The second-order valence-corrected chi connectivity index (χ2v) is 17.1. The smallest absolute Gasteiger partial charge is 0.261 e. The molecule has 1 aliphatic heterocycles. The van der Waals surface area contributed by atoms with Crippen molar-refractivity contribution in [1.29, 1.82) is 0 Å². The van der Waals surface area contributed by atoms with E-state index in [-0.39, 0.29) is 23.2 Å². The van der Waals surface area contributed by atoms with Gasteiger partial charge in [0, 0.05) is 22.7 Å². The van der Waals surface area contributed by atoms with Crippen molar-refractivity contribution in [3.05, 3.63) is 91.0 Å². The Bertz CT molecular complexity index is 1090. The molecule has 36 heavy (non-hydrogen) atoms. The summed E-state index contributed by atoms with van der Waals surface area (Å²) >= 11 is 1.91. The lowest BCUT2D eigenvalue weighted by Crippen LogP contribution is -2.67. The van der Waals surface area contributed by atoms with Gasteiger partial charge in [-0.3, -0.25) is 0 Å². The monoisotopic (exact) mass is 518 g/mol. The molecule has 0 radical (unpaired) electrons. The Labute approximate surface area is 221 Å². The van der Waals surface area contributed by atoms with Gasteiger partial charge in [0.2, 0.25) is 0 Å².